The Morgan fingerprint density at radius 1 is 1.20 bits per heavy atom. The molecule has 1 N–H and O–H groups in total. The van der Waals surface area contributed by atoms with Gasteiger partial charge >= 0.3 is 0 Å². The lowest BCUT2D eigenvalue weighted by molar-refractivity contribution is -0.0644. The molecule has 0 aromatic carbocycles. The molecule has 4 aliphatic carbocycles. The highest BCUT2D eigenvalue weighted by Gasteiger charge is 2.55. The largest absolute Gasteiger partial charge is 0.374 e. The molecule has 4 aliphatic rings. The summed E-state index contributed by atoms with van der Waals surface area (Å²) < 4.78 is 0. The molecule has 0 amide bonds. The third-order valence-corrected chi connectivity index (χ3v) is 4.90. The van der Waals surface area contributed by atoms with Crippen molar-refractivity contribution in [3.05, 3.63) is 0 Å². The Labute approximate surface area is 98.0 Å². The zero-order chi connectivity index (χ0) is 10.7. The highest BCUT2D eigenvalue weighted by Crippen LogP contribution is 2.61. The van der Waals surface area contributed by atoms with Crippen molar-refractivity contribution in [1.82, 2.24) is 5.32 Å². The summed E-state index contributed by atoms with van der Waals surface area (Å²) in [5, 5.41) is 3.64. The van der Waals surface area contributed by atoms with E-state index in [1.807, 2.05) is 6.92 Å². The van der Waals surface area contributed by atoms with E-state index in [2.05, 4.69) is 12.2 Å². The van der Waals surface area contributed by atoms with Crippen molar-refractivity contribution < 1.29 is 0 Å². The predicted molar refractivity (Wildman–Crippen MR) is 66.9 cm³/mol. The fourth-order valence-corrected chi connectivity index (χ4v) is 5.46. The molecule has 4 rings (SSSR count). The minimum absolute atomic E-state index is 0.394. The number of nitrogens with one attached hydrogen (secondary N) is 1. The number of rotatable bonds is 1. The van der Waals surface area contributed by atoms with E-state index in [0.29, 0.717) is 11.0 Å². The molecule has 0 aromatic rings. The van der Waals surface area contributed by atoms with Crippen LogP contribution in [0, 0.1) is 17.3 Å². The first-order valence-electron chi connectivity index (χ1n) is 6.27. The van der Waals surface area contributed by atoms with Crippen molar-refractivity contribution in [1.29, 1.82) is 0 Å². The lowest BCUT2D eigenvalue weighted by Crippen LogP contribution is -2.62. The van der Waals surface area contributed by atoms with Gasteiger partial charge in [-0.15, -0.1) is 0 Å². The van der Waals surface area contributed by atoms with Crippen LogP contribution in [0.5, 0.6) is 0 Å². The summed E-state index contributed by atoms with van der Waals surface area (Å²) in [5.41, 5.74) is 1.02. The van der Waals surface area contributed by atoms with E-state index >= 15 is 0 Å². The summed E-state index contributed by atoms with van der Waals surface area (Å²) in [5.74, 6) is 1.97. The second-order valence-electron chi connectivity index (χ2n) is 6.73. The standard InChI is InChI=1S/C13H21NS/c1-9(15)14-13-6-10-3-11(7-13)5-12(2,4-10)8-13/h10-11H,3-8H2,1-2H3,(H,14,15)/t10-,11+,12+,13-. The molecular formula is C13H21NS. The van der Waals surface area contributed by atoms with Crippen molar-refractivity contribution in [2.24, 2.45) is 17.3 Å². The molecule has 1 nitrogen and oxygen atoms in total. The minimum atomic E-state index is 0.394. The van der Waals surface area contributed by atoms with Gasteiger partial charge in [-0.05, 0) is 62.7 Å². The predicted octanol–water partition coefficient (Wildman–Crippen LogP) is 3.28. The molecule has 0 spiro atoms. The second-order valence-corrected chi connectivity index (χ2v) is 7.35. The van der Waals surface area contributed by atoms with Crippen LogP contribution in [0.25, 0.3) is 0 Å². The van der Waals surface area contributed by atoms with Crippen molar-refractivity contribution in [2.45, 2.75) is 57.9 Å². The van der Waals surface area contributed by atoms with Crippen molar-refractivity contribution in [3.8, 4) is 0 Å². The highest BCUT2D eigenvalue weighted by molar-refractivity contribution is 7.80. The van der Waals surface area contributed by atoms with Gasteiger partial charge in [-0.3, -0.25) is 0 Å². The first-order valence-corrected chi connectivity index (χ1v) is 6.68. The van der Waals surface area contributed by atoms with E-state index in [0.717, 1.165) is 16.8 Å². The first kappa shape index (κ1) is 10.1. The maximum atomic E-state index is 5.26. The van der Waals surface area contributed by atoms with Crippen LogP contribution < -0.4 is 5.32 Å². The molecular weight excluding hydrogens is 202 g/mol. The van der Waals surface area contributed by atoms with Gasteiger partial charge in [0.2, 0.25) is 0 Å². The number of hydrogen-bond acceptors (Lipinski definition) is 1. The summed E-state index contributed by atoms with van der Waals surface area (Å²) in [6.07, 6.45) is 8.57. The summed E-state index contributed by atoms with van der Waals surface area (Å²) in [4.78, 5) is 1.00. The molecule has 84 valence electrons. The van der Waals surface area contributed by atoms with Crippen molar-refractivity contribution in [2.75, 3.05) is 0 Å². The van der Waals surface area contributed by atoms with Gasteiger partial charge in [0.15, 0.2) is 0 Å². The molecule has 0 unspecified atom stereocenters. The molecule has 0 heterocycles. The van der Waals surface area contributed by atoms with Crippen LogP contribution in [0.15, 0.2) is 0 Å². The van der Waals surface area contributed by atoms with E-state index in [1.54, 1.807) is 0 Å². The van der Waals surface area contributed by atoms with Gasteiger partial charge in [-0.2, -0.15) is 0 Å². The first-order chi connectivity index (χ1) is 6.99. The van der Waals surface area contributed by atoms with Gasteiger partial charge in [0.1, 0.15) is 0 Å². The van der Waals surface area contributed by atoms with Crippen molar-refractivity contribution >= 4 is 17.2 Å². The lowest BCUT2D eigenvalue weighted by Gasteiger charge is -2.61. The second kappa shape index (κ2) is 2.97. The Hall–Kier alpha value is -0.110. The summed E-state index contributed by atoms with van der Waals surface area (Å²) in [6.45, 7) is 4.54. The third-order valence-electron chi connectivity index (χ3n) is 4.79. The molecule has 4 saturated carbocycles. The summed E-state index contributed by atoms with van der Waals surface area (Å²) in [7, 11) is 0. The van der Waals surface area contributed by atoms with Gasteiger partial charge in [0, 0.05) is 5.54 Å². The molecule has 0 aliphatic heterocycles. The molecule has 0 aromatic heterocycles. The molecule has 4 fully saturated rings. The highest BCUT2D eigenvalue weighted by atomic mass is 32.1. The lowest BCUT2D eigenvalue weighted by atomic mass is 9.47. The fourth-order valence-electron chi connectivity index (χ4n) is 5.24. The minimum Gasteiger partial charge on any atom is -0.374 e. The van der Waals surface area contributed by atoms with Gasteiger partial charge in [0.25, 0.3) is 0 Å². The Kier molecular flexibility index (Phi) is 1.99. The topological polar surface area (TPSA) is 12.0 Å². The number of thiocarbonyl (C=S) groups is 1. The molecule has 4 bridgehead atoms. The van der Waals surface area contributed by atoms with Gasteiger partial charge in [-0.1, -0.05) is 19.1 Å². The third kappa shape index (κ3) is 1.61. The summed E-state index contributed by atoms with van der Waals surface area (Å²) in [6, 6.07) is 0. The zero-order valence-corrected chi connectivity index (χ0v) is 10.6. The van der Waals surface area contributed by atoms with Crippen molar-refractivity contribution in [3.63, 3.8) is 0 Å². The Balaban J connectivity index is 1.89. The van der Waals surface area contributed by atoms with Crippen LogP contribution in [0.4, 0.5) is 0 Å². The quantitative estimate of drug-likeness (QED) is 0.685. The van der Waals surface area contributed by atoms with E-state index in [-0.39, 0.29) is 0 Å². The van der Waals surface area contributed by atoms with E-state index in [1.165, 1.54) is 38.5 Å². The Bertz CT molecular complexity index is 296. The molecule has 0 saturated heterocycles. The van der Waals surface area contributed by atoms with Gasteiger partial charge < -0.3 is 5.32 Å². The van der Waals surface area contributed by atoms with E-state index in [9.17, 15) is 0 Å². The maximum absolute atomic E-state index is 5.26. The van der Waals surface area contributed by atoms with E-state index < -0.39 is 0 Å². The Morgan fingerprint density at radius 3 is 2.27 bits per heavy atom. The normalized spacial score (nSPS) is 51.9. The molecule has 2 heteroatoms. The fraction of sp³-hybridized carbons (Fsp3) is 0.923. The smallest absolute Gasteiger partial charge is 0.0726 e. The van der Waals surface area contributed by atoms with Gasteiger partial charge in [0.05, 0.1) is 4.99 Å². The SMILES string of the molecule is CC(=S)N[C@@]12C[C@@H]3C[C@@H](C[C@](C)(C3)C1)C2. The number of hydrogen-bond donors (Lipinski definition) is 1. The maximum Gasteiger partial charge on any atom is 0.0726 e. The van der Waals surface area contributed by atoms with E-state index in [4.69, 9.17) is 12.2 Å². The summed E-state index contributed by atoms with van der Waals surface area (Å²) >= 11 is 5.26. The average molecular weight is 223 g/mol. The molecule has 4 atom stereocenters. The van der Waals surface area contributed by atoms with Crippen LogP contribution in [-0.2, 0) is 0 Å². The van der Waals surface area contributed by atoms with Crippen LogP contribution in [0.2, 0.25) is 0 Å². The van der Waals surface area contributed by atoms with Crippen LogP contribution >= 0.6 is 12.2 Å². The van der Waals surface area contributed by atoms with Crippen LogP contribution in [-0.4, -0.2) is 10.5 Å². The molecule has 15 heavy (non-hydrogen) atoms. The Morgan fingerprint density at radius 2 is 1.80 bits per heavy atom. The molecule has 0 radical (unpaired) electrons. The van der Waals surface area contributed by atoms with Crippen LogP contribution in [0.1, 0.15) is 52.4 Å². The average Bonchev–Trinajstić information content (AvgIpc) is 1.94. The van der Waals surface area contributed by atoms with Crippen LogP contribution in [0.3, 0.4) is 0 Å². The zero-order valence-electron chi connectivity index (χ0n) is 9.81. The monoisotopic (exact) mass is 223 g/mol. The van der Waals surface area contributed by atoms with Gasteiger partial charge in [-0.25, -0.2) is 0 Å².